The van der Waals surface area contributed by atoms with Gasteiger partial charge in [-0.1, -0.05) is 48.5 Å². The number of carbonyl (C=O) groups is 1. The van der Waals surface area contributed by atoms with Gasteiger partial charge in [0.2, 0.25) is 0 Å². The van der Waals surface area contributed by atoms with Gasteiger partial charge in [-0.2, -0.15) is 9.78 Å². The van der Waals surface area contributed by atoms with Gasteiger partial charge in [-0.05, 0) is 24.1 Å². The molecule has 0 atom stereocenters. The van der Waals surface area contributed by atoms with Gasteiger partial charge in [0, 0.05) is 13.6 Å². The molecule has 0 spiro atoms. The Bertz CT molecular complexity index is 1010. The second kappa shape index (κ2) is 7.86. The highest BCUT2D eigenvalue weighted by Gasteiger charge is 2.21. The summed E-state index contributed by atoms with van der Waals surface area (Å²) in [6.07, 6.45) is 0. The van der Waals surface area contributed by atoms with Gasteiger partial charge in [-0.3, -0.25) is 9.59 Å². The Kier molecular flexibility index (Phi) is 5.35. The lowest BCUT2D eigenvalue weighted by Crippen LogP contribution is -2.31. The zero-order valence-electron chi connectivity index (χ0n) is 15.5. The summed E-state index contributed by atoms with van der Waals surface area (Å²) in [5.74, 6) is -0.159. The first kappa shape index (κ1) is 18.4. The Balaban J connectivity index is 2.01. The van der Waals surface area contributed by atoms with Crippen LogP contribution in [0.5, 0.6) is 5.75 Å². The van der Waals surface area contributed by atoms with E-state index in [9.17, 15) is 9.59 Å². The fourth-order valence-electron chi connectivity index (χ4n) is 2.83. The molecule has 0 N–H and O–H groups in total. The minimum absolute atomic E-state index is 0.0961. The molecule has 0 saturated heterocycles. The molecule has 3 aromatic rings. The van der Waals surface area contributed by atoms with Crippen LogP contribution in [0.25, 0.3) is 5.69 Å². The molecule has 138 valence electrons. The molecule has 0 aliphatic rings. The SMILES string of the molecule is COc1cc(=O)n(-c2ccccc2C)nc1C(=O)N(C)Cc1ccccc1. The number of hydrogen-bond acceptors (Lipinski definition) is 4. The highest BCUT2D eigenvalue weighted by molar-refractivity contribution is 5.94. The summed E-state index contributed by atoms with van der Waals surface area (Å²) in [6, 6.07) is 18.3. The van der Waals surface area contributed by atoms with Gasteiger partial charge in [-0.25, -0.2) is 0 Å². The molecule has 0 aliphatic carbocycles. The van der Waals surface area contributed by atoms with Crippen LogP contribution in [-0.4, -0.2) is 34.7 Å². The van der Waals surface area contributed by atoms with Gasteiger partial charge in [0.15, 0.2) is 11.4 Å². The van der Waals surface area contributed by atoms with Crippen LogP contribution in [0.15, 0.2) is 65.5 Å². The van der Waals surface area contributed by atoms with Crippen LogP contribution in [0.1, 0.15) is 21.6 Å². The number of aromatic nitrogens is 2. The molecule has 0 bridgehead atoms. The highest BCUT2D eigenvalue weighted by atomic mass is 16.5. The zero-order chi connectivity index (χ0) is 19.4. The number of ether oxygens (including phenoxy) is 1. The molecule has 6 heteroatoms. The van der Waals surface area contributed by atoms with Crippen LogP contribution in [0.3, 0.4) is 0 Å². The van der Waals surface area contributed by atoms with Gasteiger partial charge in [0.05, 0.1) is 18.9 Å². The van der Waals surface area contributed by atoms with Gasteiger partial charge in [0.1, 0.15) is 0 Å². The van der Waals surface area contributed by atoms with Crippen LogP contribution in [0, 0.1) is 6.92 Å². The van der Waals surface area contributed by atoms with E-state index in [0.29, 0.717) is 12.2 Å². The minimum atomic E-state index is -0.358. The van der Waals surface area contributed by atoms with E-state index < -0.39 is 0 Å². The van der Waals surface area contributed by atoms with Crippen molar-refractivity contribution in [3.05, 3.63) is 87.8 Å². The van der Waals surface area contributed by atoms with Gasteiger partial charge < -0.3 is 9.64 Å². The van der Waals surface area contributed by atoms with Gasteiger partial charge in [-0.15, -0.1) is 0 Å². The van der Waals surface area contributed by atoms with E-state index in [1.54, 1.807) is 18.0 Å². The van der Waals surface area contributed by atoms with Crippen LogP contribution in [0.4, 0.5) is 0 Å². The number of para-hydroxylation sites is 1. The third kappa shape index (κ3) is 3.89. The molecule has 1 aromatic heterocycles. The smallest absolute Gasteiger partial charge is 0.278 e. The molecule has 3 rings (SSSR count). The topological polar surface area (TPSA) is 64.4 Å². The zero-order valence-corrected chi connectivity index (χ0v) is 15.5. The number of aryl methyl sites for hydroxylation is 1. The second-order valence-electron chi connectivity index (χ2n) is 6.24. The first-order chi connectivity index (χ1) is 13.0. The van der Waals surface area contributed by atoms with E-state index in [1.165, 1.54) is 17.9 Å². The summed E-state index contributed by atoms with van der Waals surface area (Å²) in [7, 11) is 3.11. The molecule has 0 fully saturated rings. The van der Waals surface area contributed by atoms with Crippen molar-refractivity contribution in [3.8, 4) is 11.4 Å². The lowest BCUT2D eigenvalue weighted by atomic mass is 10.2. The van der Waals surface area contributed by atoms with E-state index in [0.717, 1.165) is 11.1 Å². The summed E-state index contributed by atoms with van der Waals surface area (Å²) in [4.78, 5) is 27.0. The predicted octanol–water partition coefficient (Wildman–Crippen LogP) is 2.82. The van der Waals surface area contributed by atoms with E-state index >= 15 is 0 Å². The van der Waals surface area contributed by atoms with Gasteiger partial charge >= 0.3 is 0 Å². The lowest BCUT2D eigenvalue weighted by Gasteiger charge is -2.19. The van der Waals surface area contributed by atoms with Crippen LogP contribution in [-0.2, 0) is 6.54 Å². The number of hydrogen-bond donors (Lipinski definition) is 0. The van der Waals surface area contributed by atoms with Crippen molar-refractivity contribution in [3.63, 3.8) is 0 Å². The number of benzene rings is 2. The molecule has 1 heterocycles. The number of carbonyl (C=O) groups excluding carboxylic acids is 1. The third-order valence-electron chi connectivity index (χ3n) is 4.27. The Morgan fingerprint density at radius 3 is 2.44 bits per heavy atom. The first-order valence-electron chi connectivity index (χ1n) is 8.55. The third-order valence-corrected chi connectivity index (χ3v) is 4.27. The maximum Gasteiger partial charge on any atom is 0.278 e. The molecule has 0 saturated carbocycles. The lowest BCUT2D eigenvalue weighted by molar-refractivity contribution is 0.0773. The van der Waals surface area contributed by atoms with Crippen molar-refractivity contribution in [1.29, 1.82) is 0 Å². The average molecular weight is 363 g/mol. The summed E-state index contributed by atoms with van der Waals surface area (Å²) in [6.45, 7) is 2.31. The Hall–Kier alpha value is -3.41. The van der Waals surface area contributed by atoms with E-state index in [1.807, 2.05) is 55.5 Å². The Morgan fingerprint density at radius 2 is 1.78 bits per heavy atom. The van der Waals surface area contributed by atoms with Crippen molar-refractivity contribution in [2.24, 2.45) is 0 Å². The average Bonchev–Trinajstić information content (AvgIpc) is 2.68. The summed E-state index contributed by atoms with van der Waals surface area (Å²) < 4.78 is 6.48. The van der Waals surface area contributed by atoms with Crippen molar-refractivity contribution in [1.82, 2.24) is 14.7 Å². The fraction of sp³-hybridized carbons (Fsp3) is 0.190. The maximum absolute atomic E-state index is 13.0. The Morgan fingerprint density at radius 1 is 1.11 bits per heavy atom. The quantitative estimate of drug-likeness (QED) is 0.699. The first-order valence-corrected chi connectivity index (χ1v) is 8.55. The molecule has 0 radical (unpaired) electrons. The molecule has 0 unspecified atom stereocenters. The monoisotopic (exact) mass is 363 g/mol. The molecule has 1 amide bonds. The number of nitrogens with zero attached hydrogens (tertiary/aromatic N) is 3. The second-order valence-corrected chi connectivity index (χ2v) is 6.24. The standard InChI is InChI=1S/C21H21N3O3/c1-15-9-7-8-12-17(15)24-19(25)13-18(27-3)20(22-24)21(26)23(2)14-16-10-5-4-6-11-16/h4-13H,14H2,1-3H3. The molecule has 2 aromatic carbocycles. The number of methoxy groups -OCH3 is 1. The normalized spacial score (nSPS) is 10.5. The van der Waals surface area contributed by atoms with E-state index in [4.69, 9.17) is 4.74 Å². The predicted molar refractivity (Wildman–Crippen MR) is 103 cm³/mol. The molecule has 0 aliphatic heterocycles. The van der Waals surface area contributed by atoms with Crippen LogP contribution in [0.2, 0.25) is 0 Å². The van der Waals surface area contributed by atoms with Crippen molar-refractivity contribution in [2.45, 2.75) is 13.5 Å². The van der Waals surface area contributed by atoms with Crippen LogP contribution >= 0.6 is 0 Å². The Labute approximate surface area is 157 Å². The van der Waals surface area contributed by atoms with Crippen molar-refractivity contribution >= 4 is 5.91 Å². The van der Waals surface area contributed by atoms with Crippen LogP contribution < -0.4 is 10.3 Å². The molecule has 6 nitrogen and oxygen atoms in total. The largest absolute Gasteiger partial charge is 0.494 e. The molecular weight excluding hydrogens is 342 g/mol. The highest BCUT2D eigenvalue weighted by Crippen LogP contribution is 2.18. The maximum atomic E-state index is 13.0. The van der Waals surface area contributed by atoms with E-state index in [2.05, 4.69) is 5.10 Å². The molecular formula is C21H21N3O3. The van der Waals surface area contributed by atoms with Crippen molar-refractivity contribution < 1.29 is 9.53 Å². The fourth-order valence-corrected chi connectivity index (χ4v) is 2.83. The summed E-state index contributed by atoms with van der Waals surface area (Å²) in [5, 5.41) is 4.32. The van der Waals surface area contributed by atoms with E-state index in [-0.39, 0.29) is 22.9 Å². The minimum Gasteiger partial charge on any atom is -0.494 e. The van der Waals surface area contributed by atoms with Gasteiger partial charge in [0.25, 0.3) is 11.5 Å². The number of rotatable bonds is 5. The number of amides is 1. The summed E-state index contributed by atoms with van der Waals surface area (Å²) in [5.41, 5.74) is 2.25. The van der Waals surface area contributed by atoms with Crippen molar-refractivity contribution in [2.75, 3.05) is 14.2 Å². The summed E-state index contributed by atoms with van der Waals surface area (Å²) >= 11 is 0. The molecule has 27 heavy (non-hydrogen) atoms.